The zero-order valence-electron chi connectivity index (χ0n) is 18.3. The van der Waals surface area contributed by atoms with Crippen molar-refractivity contribution >= 4 is 17.0 Å². The highest BCUT2D eigenvalue weighted by Crippen LogP contribution is 2.26. The molecule has 0 spiro atoms. The van der Waals surface area contributed by atoms with E-state index in [1.165, 1.54) is 10.6 Å². The molecule has 2 N–H and O–H groups in total. The van der Waals surface area contributed by atoms with Gasteiger partial charge in [-0.25, -0.2) is 9.18 Å². The molecule has 0 aliphatic carbocycles. The average Bonchev–Trinajstić information content (AvgIpc) is 3.07. The Labute approximate surface area is 189 Å². The van der Waals surface area contributed by atoms with Crippen LogP contribution in [0.15, 0.2) is 45.6 Å². The van der Waals surface area contributed by atoms with Gasteiger partial charge in [-0.15, -0.1) is 0 Å². The molecule has 2 atom stereocenters. The first kappa shape index (κ1) is 22.7. The van der Waals surface area contributed by atoms with Gasteiger partial charge in [-0.3, -0.25) is 9.36 Å². The van der Waals surface area contributed by atoms with Crippen molar-refractivity contribution in [1.29, 1.82) is 5.26 Å². The number of halogens is 1. The van der Waals surface area contributed by atoms with Crippen molar-refractivity contribution in [1.82, 2.24) is 15.2 Å². The van der Waals surface area contributed by atoms with Gasteiger partial charge in [0, 0.05) is 26.6 Å². The molecule has 1 amide bonds. The maximum atomic E-state index is 14.9. The lowest BCUT2D eigenvalue weighted by atomic mass is 10.00. The third-order valence-corrected chi connectivity index (χ3v) is 5.76. The third-order valence-electron chi connectivity index (χ3n) is 5.76. The van der Waals surface area contributed by atoms with Gasteiger partial charge in [-0.05, 0) is 54.3 Å². The van der Waals surface area contributed by atoms with Crippen LogP contribution in [0, 0.1) is 17.1 Å². The number of nitrogens with one attached hydrogen (secondary N) is 2. The number of aromatic nitrogens is 1. The SMILES string of the molecule is Cn1c(=O)oc2ccc(-c3ccc(CC(C#N)NC(=O)C4CNCCCCO4)c(F)c3)cc21. The number of carbonyl (C=O) groups excluding carboxylic acids is 1. The number of aryl methyl sites for hydroxylation is 1. The van der Waals surface area contributed by atoms with E-state index in [9.17, 15) is 19.2 Å². The van der Waals surface area contributed by atoms with E-state index in [1.807, 2.05) is 6.07 Å². The second-order valence-electron chi connectivity index (χ2n) is 8.08. The highest BCUT2D eigenvalue weighted by atomic mass is 19.1. The Hall–Kier alpha value is -3.48. The van der Waals surface area contributed by atoms with Crippen LogP contribution in [0.2, 0.25) is 0 Å². The van der Waals surface area contributed by atoms with Crippen molar-refractivity contribution in [2.45, 2.75) is 31.4 Å². The lowest BCUT2D eigenvalue weighted by Gasteiger charge is -2.22. The molecule has 2 heterocycles. The number of benzene rings is 2. The Morgan fingerprint density at radius 2 is 2.09 bits per heavy atom. The van der Waals surface area contributed by atoms with Crippen LogP contribution >= 0.6 is 0 Å². The van der Waals surface area contributed by atoms with Gasteiger partial charge in [0.15, 0.2) is 5.58 Å². The molecular formula is C24H25FN4O4. The van der Waals surface area contributed by atoms with Crippen LogP contribution in [-0.2, 0) is 23.0 Å². The fourth-order valence-corrected chi connectivity index (χ4v) is 3.85. The molecule has 4 rings (SSSR count). The van der Waals surface area contributed by atoms with Gasteiger partial charge in [0.2, 0.25) is 0 Å². The van der Waals surface area contributed by atoms with Gasteiger partial charge >= 0.3 is 5.76 Å². The molecule has 33 heavy (non-hydrogen) atoms. The van der Waals surface area contributed by atoms with E-state index in [-0.39, 0.29) is 12.3 Å². The summed E-state index contributed by atoms with van der Waals surface area (Å²) in [5.41, 5.74) is 2.74. The highest BCUT2D eigenvalue weighted by molar-refractivity contribution is 5.82. The van der Waals surface area contributed by atoms with Crippen LogP contribution in [0.3, 0.4) is 0 Å². The normalized spacial score (nSPS) is 17.7. The minimum absolute atomic E-state index is 0.0315. The lowest BCUT2D eigenvalue weighted by molar-refractivity contribution is -0.133. The van der Waals surface area contributed by atoms with Crippen LogP contribution in [0.4, 0.5) is 4.39 Å². The number of carbonyl (C=O) groups is 1. The van der Waals surface area contributed by atoms with E-state index in [2.05, 4.69) is 10.6 Å². The van der Waals surface area contributed by atoms with Crippen molar-refractivity contribution < 1.29 is 18.3 Å². The first-order chi connectivity index (χ1) is 16.0. The van der Waals surface area contributed by atoms with Gasteiger partial charge in [0.05, 0.1) is 11.6 Å². The van der Waals surface area contributed by atoms with Gasteiger partial charge in [0.25, 0.3) is 5.91 Å². The first-order valence-electron chi connectivity index (χ1n) is 10.9. The highest BCUT2D eigenvalue weighted by Gasteiger charge is 2.23. The summed E-state index contributed by atoms with van der Waals surface area (Å²) in [6.45, 7) is 1.68. The molecule has 1 aliphatic rings. The summed E-state index contributed by atoms with van der Waals surface area (Å²) in [6, 6.07) is 11.1. The fraction of sp³-hybridized carbons (Fsp3) is 0.375. The molecular weight excluding hydrogens is 427 g/mol. The molecule has 1 aliphatic heterocycles. The van der Waals surface area contributed by atoms with Gasteiger partial charge < -0.3 is 19.8 Å². The number of amides is 1. The van der Waals surface area contributed by atoms with E-state index in [4.69, 9.17) is 9.15 Å². The van der Waals surface area contributed by atoms with Gasteiger partial charge in [-0.1, -0.05) is 18.2 Å². The van der Waals surface area contributed by atoms with Crippen LogP contribution in [0.1, 0.15) is 18.4 Å². The Kier molecular flexibility index (Phi) is 6.87. The molecule has 3 aromatic rings. The Balaban J connectivity index is 1.47. The maximum absolute atomic E-state index is 14.9. The smallest absolute Gasteiger partial charge is 0.408 e. The van der Waals surface area contributed by atoms with E-state index in [1.54, 1.807) is 37.4 Å². The molecule has 1 aromatic heterocycles. The molecule has 0 saturated carbocycles. The zero-order chi connectivity index (χ0) is 23.4. The molecule has 172 valence electrons. The summed E-state index contributed by atoms with van der Waals surface area (Å²) >= 11 is 0. The van der Waals surface area contributed by atoms with E-state index in [0.29, 0.717) is 35.4 Å². The predicted molar refractivity (Wildman–Crippen MR) is 120 cm³/mol. The number of oxazole rings is 1. The average molecular weight is 452 g/mol. The molecule has 0 bridgehead atoms. The summed E-state index contributed by atoms with van der Waals surface area (Å²) in [5.74, 6) is -1.33. The molecule has 1 fully saturated rings. The molecule has 9 heteroatoms. The molecule has 1 saturated heterocycles. The molecule has 8 nitrogen and oxygen atoms in total. The summed E-state index contributed by atoms with van der Waals surface area (Å²) < 4.78 is 27.0. The predicted octanol–water partition coefficient (Wildman–Crippen LogP) is 2.26. The molecule has 2 unspecified atom stereocenters. The number of hydrogen-bond acceptors (Lipinski definition) is 6. The minimum atomic E-state index is -0.885. The topological polar surface area (TPSA) is 109 Å². The summed E-state index contributed by atoms with van der Waals surface area (Å²) in [7, 11) is 1.61. The molecule has 0 radical (unpaired) electrons. The number of fused-ring (bicyclic) bond motifs is 1. The van der Waals surface area contributed by atoms with Crippen LogP contribution < -0.4 is 16.4 Å². The summed E-state index contributed by atoms with van der Waals surface area (Å²) in [4.78, 5) is 24.2. The second-order valence-corrected chi connectivity index (χ2v) is 8.08. The van der Waals surface area contributed by atoms with E-state index < -0.39 is 23.7 Å². The second kappa shape index (κ2) is 9.98. The van der Waals surface area contributed by atoms with Crippen molar-refractivity contribution in [3.63, 3.8) is 0 Å². The van der Waals surface area contributed by atoms with Crippen LogP contribution in [-0.4, -0.2) is 42.3 Å². The largest absolute Gasteiger partial charge is 0.419 e. The standard InChI is InChI=1S/C24H25FN4O4/c1-29-20-12-16(6-7-21(20)33-24(29)31)15-4-5-17(19(25)11-15)10-18(13-26)28-23(30)22-14-27-8-2-3-9-32-22/h4-7,11-12,18,22,27H,2-3,8-10,14H2,1H3,(H,28,30). The van der Waals surface area contributed by atoms with Crippen LogP contribution in [0.25, 0.3) is 22.2 Å². The number of rotatable bonds is 5. The Morgan fingerprint density at radius 1 is 1.30 bits per heavy atom. The van der Waals surface area contributed by atoms with Crippen LogP contribution in [0.5, 0.6) is 0 Å². The summed E-state index contributed by atoms with van der Waals surface area (Å²) in [6.07, 6.45) is 1.20. The maximum Gasteiger partial charge on any atom is 0.419 e. The zero-order valence-corrected chi connectivity index (χ0v) is 18.3. The number of ether oxygens (including phenoxy) is 1. The number of nitriles is 1. The van der Waals surface area contributed by atoms with Crippen molar-refractivity contribution in [3.8, 4) is 17.2 Å². The third kappa shape index (κ3) is 5.13. The first-order valence-corrected chi connectivity index (χ1v) is 10.9. The number of hydrogen-bond donors (Lipinski definition) is 2. The lowest BCUT2D eigenvalue weighted by Crippen LogP contribution is -2.47. The Morgan fingerprint density at radius 3 is 2.88 bits per heavy atom. The van der Waals surface area contributed by atoms with Gasteiger partial charge in [0.1, 0.15) is 18.0 Å². The molecule has 2 aromatic carbocycles. The van der Waals surface area contributed by atoms with E-state index >= 15 is 0 Å². The monoisotopic (exact) mass is 452 g/mol. The summed E-state index contributed by atoms with van der Waals surface area (Å²) in [5, 5.41) is 15.3. The quantitative estimate of drug-likeness (QED) is 0.615. The van der Waals surface area contributed by atoms with Crippen molar-refractivity contribution in [3.05, 3.63) is 58.3 Å². The minimum Gasteiger partial charge on any atom is -0.408 e. The number of nitrogens with zero attached hydrogens (tertiary/aromatic N) is 2. The van der Waals surface area contributed by atoms with E-state index in [0.717, 1.165) is 24.9 Å². The fourth-order valence-electron chi connectivity index (χ4n) is 3.85. The Bertz CT molecular complexity index is 1250. The van der Waals surface area contributed by atoms with Gasteiger partial charge in [-0.2, -0.15) is 5.26 Å². The van der Waals surface area contributed by atoms with Crippen molar-refractivity contribution in [2.24, 2.45) is 7.05 Å². The van der Waals surface area contributed by atoms with Crippen molar-refractivity contribution in [2.75, 3.05) is 19.7 Å².